The fourth-order valence-corrected chi connectivity index (χ4v) is 4.32. The van der Waals surface area contributed by atoms with Crippen LogP contribution < -0.4 is 5.32 Å². The van der Waals surface area contributed by atoms with Crippen LogP contribution in [0.3, 0.4) is 0 Å². The highest BCUT2D eigenvalue weighted by Gasteiger charge is 2.10. The van der Waals surface area contributed by atoms with Crippen LogP contribution in [0.5, 0.6) is 0 Å². The van der Waals surface area contributed by atoms with Gasteiger partial charge in [-0.2, -0.15) is 0 Å². The summed E-state index contributed by atoms with van der Waals surface area (Å²) in [7, 11) is 0. The summed E-state index contributed by atoms with van der Waals surface area (Å²) in [6.45, 7) is 2.92. The molecule has 0 saturated heterocycles. The van der Waals surface area contributed by atoms with Crippen molar-refractivity contribution >= 4 is 61.9 Å². The van der Waals surface area contributed by atoms with Gasteiger partial charge in [-0.15, -0.1) is 22.7 Å². The second kappa shape index (κ2) is 6.48. The summed E-state index contributed by atoms with van der Waals surface area (Å²) in [5.41, 5.74) is 0. The van der Waals surface area contributed by atoms with Gasteiger partial charge in [-0.05, 0) is 42.6 Å². The molecular weight excluding hydrogens is 345 g/mol. The first-order valence-electron chi connectivity index (χ1n) is 6.59. The summed E-state index contributed by atoms with van der Waals surface area (Å²) in [6.07, 6.45) is 1.90. The van der Waals surface area contributed by atoms with Gasteiger partial charge in [-0.1, -0.05) is 18.5 Å². The molecule has 110 valence electrons. The third-order valence-electron chi connectivity index (χ3n) is 3.06. The van der Waals surface area contributed by atoms with Gasteiger partial charge < -0.3 is 5.32 Å². The summed E-state index contributed by atoms with van der Waals surface area (Å²) >= 11 is 15.2. The van der Waals surface area contributed by atoms with Gasteiger partial charge in [0.1, 0.15) is 10.6 Å². The molecule has 21 heavy (non-hydrogen) atoms. The van der Waals surface area contributed by atoms with Crippen LogP contribution in [0.1, 0.15) is 16.7 Å². The van der Waals surface area contributed by atoms with E-state index in [4.69, 9.17) is 23.2 Å². The van der Waals surface area contributed by atoms with Gasteiger partial charge in [0.05, 0.1) is 9.72 Å². The largest absolute Gasteiger partial charge is 0.369 e. The standard InChI is InChI=1S/C14H13Cl2N3S2/c1-2-8-7-10-12(18-14(16)19-13(10)21-8)17-6-5-9-3-4-11(15)20-9/h3-4,7H,2,5-6H2,1H3,(H,17,18,19). The molecule has 0 unspecified atom stereocenters. The van der Waals surface area contributed by atoms with Gasteiger partial charge in [-0.25, -0.2) is 9.97 Å². The van der Waals surface area contributed by atoms with Crippen molar-refractivity contribution in [3.63, 3.8) is 0 Å². The van der Waals surface area contributed by atoms with Crippen molar-refractivity contribution in [1.29, 1.82) is 0 Å². The van der Waals surface area contributed by atoms with E-state index in [0.29, 0.717) is 0 Å². The molecule has 3 heterocycles. The third-order valence-corrected chi connectivity index (χ3v) is 5.69. The molecule has 3 rings (SSSR count). The van der Waals surface area contributed by atoms with E-state index >= 15 is 0 Å². The van der Waals surface area contributed by atoms with Crippen molar-refractivity contribution in [2.45, 2.75) is 19.8 Å². The monoisotopic (exact) mass is 357 g/mol. The predicted octanol–water partition coefficient (Wildman–Crippen LogP) is 5.28. The Labute approximate surface area is 141 Å². The summed E-state index contributed by atoms with van der Waals surface area (Å²) in [5, 5.41) is 4.69. The second-order valence-electron chi connectivity index (χ2n) is 4.51. The van der Waals surface area contributed by atoms with E-state index in [0.717, 1.165) is 39.8 Å². The number of aromatic nitrogens is 2. The first kappa shape index (κ1) is 15.0. The molecule has 0 aliphatic carbocycles. The molecule has 0 amide bonds. The molecule has 0 bridgehead atoms. The molecule has 1 N–H and O–H groups in total. The van der Waals surface area contributed by atoms with Gasteiger partial charge in [0.2, 0.25) is 5.28 Å². The first-order chi connectivity index (χ1) is 10.2. The Balaban J connectivity index is 1.77. The molecule has 0 aliphatic heterocycles. The molecular formula is C14H13Cl2N3S2. The number of nitrogens with zero attached hydrogens (tertiary/aromatic N) is 2. The topological polar surface area (TPSA) is 37.8 Å². The molecule has 0 radical (unpaired) electrons. The van der Waals surface area contributed by atoms with Crippen LogP contribution in [0.4, 0.5) is 5.82 Å². The van der Waals surface area contributed by atoms with E-state index < -0.39 is 0 Å². The Bertz CT molecular complexity index is 767. The van der Waals surface area contributed by atoms with E-state index in [1.165, 1.54) is 9.75 Å². The highest BCUT2D eigenvalue weighted by molar-refractivity contribution is 7.18. The predicted molar refractivity (Wildman–Crippen MR) is 93.3 cm³/mol. The Morgan fingerprint density at radius 2 is 2.00 bits per heavy atom. The zero-order valence-corrected chi connectivity index (χ0v) is 14.5. The number of thiophene rings is 2. The Morgan fingerprint density at radius 1 is 1.14 bits per heavy atom. The summed E-state index contributed by atoms with van der Waals surface area (Å²) in [6, 6.07) is 6.12. The number of fused-ring (bicyclic) bond motifs is 1. The quantitative estimate of drug-likeness (QED) is 0.631. The minimum atomic E-state index is 0.286. The Kier molecular flexibility index (Phi) is 4.64. The SMILES string of the molecule is CCc1cc2c(NCCc3ccc(Cl)s3)nc(Cl)nc2s1. The van der Waals surface area contributed by atoms with Gasteiger partial charge >= 0.3 is 0 Å². The number of rotatable bonds is 5. The lowest BCUT2D eigenvalue weighted by Crippen LogP contribution is -2.06. The van der Waals surface area contributed by atoms with E-state index in [2.05, 4.69) is 34.3 Å². The number of hydrogen-bond acceptors (Lipinski definition) is 5. The highest BCUT2D eigenvalue weighted by atomic mass is 35.5. The lowest BCUT2D eigenvalue weighted by Gasteiger charge is -2.06. The van der Waals surface area contributed by atoms with Crippen molar-refractivity contribution in [1.82, 2.24) is 9.97 Å². The average Bonchev–Trinajstić information content (AvgIpc) is 3.04. The van der Waals surface area contributed by atoms with Crippen LogP contribution in [0, 0.1) is 0 Å². The van der Waals surface area contributed by atoms with Crippen LogP contribution >= 0.6 is 45.9 Å². The number of hydrogen-bond donors (Lipinski definition) is 1. The van der Waals surface area contributed by atoms with Crippen molar-refractivity contribution in [2.75, 3.05) is 11.9 Å². The van der Waals surface area contributed by atoms with E-state index in [9.17, 15) is 0 Å². The molecule has 3 aromatic heterocycles. The van der Waals surface area contributed by atoms with Crippen LogP contribution in [-0.2, 0) is 12.8 Å². The number of aryl methyl sites for hydroxylation is 1. The first-order valence-corrected chi connectivity index (χ1v) is 8.98. The van der Waals surface area contributed by atoms with E-state index in [1.54, 1.807) is 22.7 Å². The average molecular weight is 358 g/mol. The Hall–Kier alpha value is -0.880. The molecule has 0 spiro atoms. The van der Waals surface area contributed by atoms with Crippen molar-refractivity contribution in [3.05, 3.63) is 37.6 Å². The minimum Gasteiger partial charge on any atom is -0.369 e. The van der Waals surface area contributed by atoms with Gasteiger partial charge in [0, 0.05) is 16.3 Å². The summed E-state index contributed by atoms with van der Waals surface area (Å²) in [4.78, 5) is 12.1. The summed E-state index contributed by atoms with van der Waals surface area (Å²) in [5.74, 6) is 0.809. The molecule has 0 fully saturated rings. The van der Waals surface area contributed by atoms with E-state index in [-0.39, 0.29) is 5.28 Å². The van der Waals surface area contributed by atoms with Crippen LogP contribution in [0.2, 0.25) is 9.62 Å². The third kappa shape index (κ3) is 3.48. The van der Waals surface area contributed by atoms with Crippen LogP contribution in [0.15, 0.2) is 18.2 Å². The minimum absolute atomic E-state index is 0.286. The highest BCUT2D eigenvalue weighted by Crippen LogP contribution is 2.30. The lowest BCUT2D eigenvalue weighted by atomic mass is 10.3. The smallest absolute Gasteiger partial charge is 0.225 e. The molecule has 7 heteroatoms. The Morgan fingerprint density at radius 3 is 2.71 bits per heavy atom. The van der Waals surface area contributed by atoms with Crippen molar-refractivity contribution < 1.29 is 0 Å². The summed E-state index contributed by atoms with van der Waals surface area (Å²) < 4.78 is 0.822. The fourth-order valence-electron chi connectivity index (χ4n) is 2.04. The zero-order chi connectivity index (χ0) is 14.8. The van der Waals surface area contributed by atoms with Crippen molar-refractivity contribution in [3.8, 4) is 0 Å². The molecule has 0 atom stereocenters. The fraction of sp³-hybridized carbons (Fsp3) is 0.286. The molecule has 3 aromatic rings. The van der Waals surface area contributed by atoms with Gasteiger partial charge in [0.15, 0.2) is 0 Å². The molecule has 0 aliphatic rings. The van der Waals surface area contributed by atoms with Gasteiger partial charge in [0.25, 0.3) is 0 Å². The normalized spacial score (nSPS) is 11.2. The van der Waals surface area contributed by atoms with E-state index in [1.807, 2.05) is 6.07 Å². The lowest BCUT2D eigenvalue weighted by molar-refractivity contribution is 1.03. The molecule has 0 saturated carbocycles. The van der Waals surface area contributed by atoms with Crippen LogP contribution in [-0.4, -0.2) is 16.5 Å². The number of nitrogens with one attached hydrogen (secondary N) is 1. The van der Waals surface area contributed by atoms with Gasteiger partial charge in [-0.3, -0.25) is 0 Å². The molecule has 3 nitrogen and oxygen atoms in total. The van der Waals surface area contributed by atoms with Crippen molar-refractivity contribution in [2.24, 2.45) is 0 Å². The number of halogens is 2. The maximum atomic E-state index is 6.00. The maximum Gasteiger partial charge on any atom is 0.225 e. The second-order valence-corrected chi connectivity index (χ2v) is 7.76. The van der Waals surface area contributed by atoms with Crippen LogP contribution in [0.25, 0.3) is 10.2 Å². The zero-order valence-electron chi connectivity index (χ0n) is 11.3. The maximum absolute atomic E-state index is 6.00. The molecule has 0 aromatic carbocycles. The number of anilines is 1.